The molecule has 436 valence electrons. The highest BCUT2D eigenvalue weighted by molar-refractivity contribution is 7.45. The zero-order chi connectivity index (χ0) is 54.9. The molecule has 0 aromatic heterocycles. The molecule has 3 atom stereocenters. The summed E-state index contributed by atoms with van der Waals surface area (Å²) < 4.78 is 23.5. The second kappa shape index (κ2) is 56.4. The van der Waals surface area contributed by atoms with Gasteiger partial charge in [0.15, 0.2) is 0 Å². The molecule has 0 radical (unpaired) electrons. The number of phosphoric acid groups is 1. The van der Waals surface area contributed by atoms with E-state index in [0.717, 1.165) is 83.5 Å². The smallest absolute Gasteiger partial charge is 0.268 e. The number of rotatable bonds is 57. The summed E-state index contributed by atoms with van der Waals surface area (Å²) in [5.74, 6) is -0.166. The number of allylic oxidation sites excluding steroid dienone is 14. The first-order chi connectivity index (χ1) is 36.5. The Morgan fingerprint density at radius 2 is 0.813 bits per heavy atom. The van der Waals surface area contributed by atoms with E-state index >= 15 is 0 Å². The first-order valence-electron chi connectivity index (χ1n) is 31.4. The van der Waals surface area contributed by atoms with Crippen molar-refractivity contribution < 1.29 is 32.9 Å². The van der Waals surface area contributed by atoms with Gasteiger partial charge in [0.1, 0.15) is 13.2 Å². The zero-order valence-electron chi connectivity index (χ0n) is 49.7. The third-order valence-electron chi connectivity index (χ3n) is 13.9. The van der Waals surface area contributed by atoms with Crippen LogP contribution in [0.15, 0.2) is 85.1 Å². The normalized spacial score (nSPS) is 14.4. The summed E-state index contributed by atoms with van der Waals surface area (Å²) >= 11 is 0. The van der Waals surface area contributed by atoms with Crippen LogP contribution in [0.1, 0.15) is 277 Å². The molecule has 0 fully saturated rings. The van der Waals surface area contributed by atoms with E-state index < -0.39 is 20.0 Å². The minimum Gasteiger partial charge on any atom is -0.756 e. The Morgan fingerprint density at radius 3 is 1.19 bits per heavy atom. The van der Waals surface area contributed by atoms with E-state index in [2.05, 4.69) is 104 Å². The third-order valence-corrected chi connectivity index (χ3v) is 14.9. The standard InChI is InChI=1S/C66H121N2O6P/c1-6-8-10-12-14-16-18-20-22-24-26-27-28-29-30-31-32-33-34-35-36-37-38-39-40-41-42-44-46-48-50-52-54-56-58-60-66(70)67-64(63-74-75(71,72)73-62-61-68(3,4)5)65(69)59-57-55-53-51-49-47-45-43-25-23-21-19-17-15-13-11-9-7-2/h8,10,14,16,20,22,26-27,29-30,32-33,35-36,64-65,69H,6-7,9,11-13,15,17-19,21,23-25,28,31,34,37-63H2,1-5H3,(H-,67,70,71,72)/b10-8-,16-14-,22-20-,27-26-,30-29-,33-32-,36-35-. The molecule has 0 saturated carbocycles. The van der Waals surface area contributed by atoms with E-state index in [1.807, 2.05) is 21.1 Å². The number of likely N-dealkylation sites (N-methyl/N-ethyl adjacent to an activating group) is 1. The first kappa shape index (κ1) is 72.7. The summed E-state index contributed by atoms with van der Waals surface area (Å²) in [5, 5.41) is 14.0. The Balaban J connectivity index is 4.07. The van der Waals surface area contributed by atoms with Crippen molar-refractivity contribution in [2.45, 2.75) is 289 Å². The molecule has 0 aromatic rings. The van der Waals surface area contributed by atoms with E-state index in [-0.39, 0.29) is 19.1 Å². The fourth-order valence-electron chi connectivity index (χ4n) is 9.02. The lowest BCUT2D eigenvalue weighted by atomic mass is 10.0. The van der Waals surface area contributed by atoms with Crippen molar-refractivity contribution in [3.8, 4) is 0 Å². The molecule has 1 amide bonds. The van der Waals surface area contributed by atoms with Gasteiger partial charge in [-0.1, -0.05) is 285 Å². The van der Waals surface area contributed by atoms with Gasteiger partial charge in [0.05, 0.1) is 39.9 Å². The van der Waals surface area contributed by atoms with Crippen LogP contribution in [0.2, 0.25) is 0 Å². The van der Waals surface area contributed by atoms with Gasteiger partial charge in [-0.25, -0.2) is 0 Å². The number of aliphatic hydroxyl groups is 1. The number of hydrogen-bond donors (Lipinski definition) is 2. The molecular weight excluding hydrogens is 948 g/mol. The highest BCUT2D eigenvalue weighted by Gasteiger charge is 2.24. The zero-order valence-corrected chi connectivity index (χ0v) is 50.6. The summed E-state index contributed by atoms with van der Waals surface area (Å²) in [6.07, 6.45) is 79.1. The van der Waals surface area contributed by atoms with Crippen LogP contribution in [0.4, 0.5) is 0 Å². The molecule has 75 heavy (non-hydrogen) atoms. The lowest BCUT2D eigenvalue weighted by molar-refractivity contribution is -0.870. The quantitative estimate of drug-likeness (QED) is 0.0272. The van der Waals surface area contributed by atoms with E-state index in [4.69, 9.17) is 9.05 Å². The van der Waals surface area contributed by atoms with E-state index in [0.29, 0.717) is 23.9 Å². The summed E-state index contributed by atoms with van der Waals surface area (Å²) in [4.78, 5) is 25.6. The van der Waals surface area contributed by atoms with Crippen LogP contribution in [-0.4, -0.2) is 68.5 Å². The number of carbonyl (C=O) groups excluding carboxylic acids is 1. The molecule has 0 rings (SSSR count). The predicted octanol–water partition coefficient (Wildman–Crippen LogP) is 19.0. The van der Waals surface area contributed by atoms with Gasteiger partial charge >= 0.3 is 0 Å². The number of nitrogens with one attached hydrogen (secondary N) is 1. The van der Waals surface area contributed by atoms with Crippen LogP contribution in [0, 0.1) is 0 Å². The average molecular weight is 1070 g/mol. The summed E-state index contributed by atoms with van der Waals surface area (Å²) in [7, 11) is 1.30. The number of quaternary nitrogens is 1. The van der Waals surface area contributed by atoms with Crippen LogP contribution >= 0.6 is 7.82 Å². The molecule has 0 aliphatic carbocycles. The summed E-state index contributed by atoms with van der Waals surface area (Å²) in [6, 6.07) is -0.806. The largest absolute Gasteiger partial charge is 0.756 e. The van der Waals surface area contributed by atoms with E-state index in [9.17, 15) is 19.4 Å². The topological polar surface area (TPSA) is 108 Å². The van der Waals surface area contributed by atoms with Crippen LogP contribution in [0.25, 0.3) is 0 Å². The number of amides is 1. The average Bonchev–Trinajstić information content (AvgIpc) is 3.37. The van der Waals surface area contributed by atoms with Crippen molar-refractivity contribution in [1.82, 2.24) is 5.32 Å². The molecular formula is C66H121N2O6P. The van der Waals surface area contributed by atoms with Crippen LogP contribution in [0.3, 0.4) is 0 Å². The molecule has 0 saturated heterocycles. The van der Waals surface area contributed by atoms with Crippen molar-refractivity contribution in [3.05, 3.63) is 85.1 Å². The van der Waals surface area contributed by atoms with Crippen LogP contribution < -0.4 is 10.2 Å². The summed E-state index contributed by atoms with van der Waals surface area (Å²) in [5.41, 5.74) is 0. The Bertz CT molecular complexity index is 1500. The van der Waals surface area contributed by atoms with Crippen LogP contribution in [-0.2, 0) is 18.4 Å². The van der Waals surface area contributed by atoms with Crippen LogP contribution in [0.5, 0.6) is 0 Å². The monoisotopic (exact) mass is 1070 g/mol. The molecule has 0 bridgehead atoms. The fourth-order valence-corrected chi connectivity index (χ4v) is 9.75. The lowest BCUT2D eigenvalue weighted by Crippen LogP contribution is -2.46. The maximum absolute atomic E-state index is 13.0. The molecule has 0 heterocycles. The van der Waals surface area contributed by atoms with Gasteiger partial charge in [-0.05, 0) is 70.6 Å². The maximum atomic E-state index is 13.0. The van der Waals surface area contributed by atoms with Crippen molar-refractivity contribution in [1.29, 1.82) is 0 Å². The Morgan fingerprint density at radius 1 is 0.480 bits per heavy atom. The van der Waals surface area contributed by atoms with Crippen molar-refractivity contribution in [2.75, 3.05) is 40.9 Å². The highest BCUT2D eigenvalue weighted by Crippen LogP contribution is 2.38. The number of hydrogen-bond acceptors (Lipinski definition) is 6. The number of carbonyl (C=O) groups is 1. The van der Waals surface area contributed by atoms with Gasteiger partial charge in [0.2, 0.25) is 5.91 Å². The molecule has 0 aliphatic heterocycles. The predicted molar refractivity (Wildman–Crippen MR) is 325 cm³/mol. The molecule has 3 unspecified atom stereocenters. The van der Waals surface area contributed by atoms with E-state index in [1.54, 1.807) is 0 Å². The Hall–Kier alpha value is -2.32. The van der Waals surface area contributed by atoms with Gasteiger partial charge in [0.25, 0.3) is 7.82 Å². The van der Waals surface area contributed by atoms with Crippen molar-refractivity contribution in [2.24, 2.45) is 0 Å². The molecule has 0 aromatic carbocycles. The van der Waals surface area contributed by atoms with E-state index in [1.165, 1.54) is 167 Å². The lowest BCUT2D eigenvalue weighted by Gasteiger charge is -2.30. The Kier molecular flexibility index (Phi) is 54.7. The third kappa shape index (κ3) is 59.2. The molecule has 8 nitrogen and oxygen atoms in total. The van der Waals surface area contributed by atoms with Gasteiger partial charge in [-0.2, -0.15) is 0 Å². The number of unbranched alkanes of at least 4 members (excludes halogenated alkanes) is 30. The number of nitrogens with zero attached hydrogens (tertiary/aromatic N) is 1. The van der Waals surface area contributed by atoms with Gasteiger partial charge in [0, 0.05) is 6.42 Å². The molecule has 0 aliphatic rings. The minimum absolute atomic E-state index is 0.00988. The minimum atomic E-state index is -4.58. The van der Waals surface area contributed by atoms with Crippen molar-refractivity contribution in [3.63, 3.8) is 0 Å². The molecule has 9 heteroatoms. The maximum Gasteiger partial charge on any atom is 0.268 e. The van der Waals surface area contributed by atoms with Gasteiger partial charge < -0.3 is 28.8 Å². The first-order valence-corrected chi connectivity index (χ1v) is 32.9. The van der Waals surface area contributed by atoms with Gasteiger partial charge in [-0.15, -0.1) is 0 Å². The molecule has 0 spiro atoms. The second-order valence-corrected chi connectivity index (χ2v) is 23.8. The van der Waals surface area contributed by atoms with Crippen molar-refractivity contribution >= 4 is 13.7 Å². The SMILES string of the molecule is CC/C=C\C/C=C\C/C=C\C/C=C\C/C=C\C/C=C\C/C=C\CCCCCCCCCCCCCCCC(=O)NC(COP(=O)([O-])OCC[N+](C)(C)C)C(O)CCCCCCCCCCCCCCCCCCCC. The highest BCUT2D eigenvalue weighted by atomic mass is 31.2. The summed E-state index contributed by atoms with van der Waals surface area (Å²) in [6.45, 7) is 4.63. The fraction of sp³-hybridized carbons (Fsp3) is 0.773. The second-order valence-electron chi connectivity index (χ2n) is 22.4. The van der Waals surface area contributed by atoms with Gasteiger partial charge in [-0.3, -0.25) is 9.36 Å². The number of phosphoric ester groups is 1. The molecule has 2 N–H and O–H groups in total. The number of aliphatic hydroxyl groups excluding tert-OH is 1. The Labute approximate surface area is 465 Å².